The summed E-state index contributed by atoms with van der Waals surface area (Å²) >= 11 is 0. The van der Waals surface area contributed by atoms with E-state index in [0.29, 0.717) is 10.3 Å². The van der Waals surface area contributed by atoms with Gasteiger partial charge in [-0.15, -0.1) is 22.7 Å². The van der Waals surface area contributed by atoms with Crippen LogP contribution in [0.4, 0.5) is 0 Å². The predicted octanol–water partition coefficient (Wildman–Crippen LogP) is 7.91. The molecule has 4 aromatic rings. The SMILES string of the molecule is CCC(C)(C)P(Cc1cc[cH-]c1C(P)(c1cnccn1)c1cnccn1)C(C)(C)CC.[Fe+2].c1cc[cH-]c1. The molecule has 1 atom stereocenters. The van der Waals surface area contributed by atoms with Gasteiger partial charge in [0.25, 0.3) is 0 Å². The molecule has 0 aliphatic carbocycles. The van der Waals surface area contributed by atoms with Crippen LogP contribution < -0.4 is 0 Å². The molecule has 0 saturated carbocycles. The molecule has 0 aliphatic heterocycles. The third-order valence-electron chi connectivity index (χ3n) is 7.34. The topological polar surface area (TPSA) is 51.6 Å². The van der Waals surface area contributed by atoms with Crippen LogP contribution in [0.2, 0.25) is 0 Å². The van der Waals surface area contributed by atoms with E-state index in [0.717, 1.165) is 17.5 Å². The summed E-state index contributed by atoms with van der Waals surface area (Å²) in [6, 6.07) is 16.7. The van der Waals surface area contributed by atoms with E-state index in [1.165, 1.54) is 24.0 Å². The fraction of sp³-hybridized carbons (Fsp3) is 0.400. The van der Waals surface area contributed by atoms with Gasteiger partial charge in [0.05, 0.1) is 16.5 Å². The van der Waals surface area contributed by atoms with Crippen LogP contribution >= 0.6 is 17.2 Å². The molecular weight excluding hydrogens is 534 g/mol. The van der Waals surface area contributed by atoms with Crippen molar-refractivity contribution >= 4 is 17.2 Å². The van der Waals surface area contributed by atoms with Crippen molar-refractivity contribution in [2.24, 2.45) is 0 Å². The van der Waals surface area contributed by atoms with E-state index in [1.807, 2.05) is 42.7 Å². The fourth-order valence-corrected chi connectivity index (χ4v) is 8.97. The zero-order valence-corrected chi connectivity index (χ0v) is 26.0. The molecule has 198 valence electrons. The number of hydrogen-bond acceptors (Lipinski definition) is 4. The molecule has 0 saturated heterocycles. The van der Waals surface area contributed by atoms with Gasteiger partial charge in [-0.3, -0.25) is 19.9 Å². The van der Waals surface area contributed by atoms with Crippen LogP contribution in [0.1, 0.15) is 76.9 Å². The molecule has 4 rings (SSSR count). The van der Waals surface area contributed by atoms with Gasteiger partial charge in [0.2, 0.25) is 0 Å². The Morgan fingerprint density at radius 3 is 1.70 bits per heavy atom. The minimum absolute atomic E-state index is 0. The first-order valence-corrected chi connectivity index (χ1v) is 14.8. The van der Waals surface area contributed by atoms with Crippen molar-refractivity contribution in [2.45, 2.75) is 76.0 Å². The Bertz CT molecular complexity index is 1090. The van der Waals surface area contributed by atoms with Gasteiger partial charge in [-0.25, -0.2) is 18.2 Å². The summed E-state index contributed by atoms with van der Waals surface area (Å²) in [5, 5.41) is 0.00708. The van der Waals surface area contributed by atoms with Crippen LogP contribution in [0.5, 0.6) is 0 Å². The molecule has 7 heteroatoms. The van der Waals surface area contributed by atoms with Crippen LogP contribution in [0.3, 0.4) is 0 Å². The molecule has 2 aromatic carbocycles. The average molecular weight is 574 g/mol. The first-order valence-electron chi connectivity index (χ1n) is 12.7. The van der Waals surface area contributed by atoms with Crippen molar-refractivity contribution in [3.05, 3.63) is 108 Å². The summed E-state index contributed by atoms with van der Waals surface area (Å²) in [5.74, 6) is 0. The minimum atomic E-state index is -0.588. The maximum atomic E-state index is 4.69. The molecule has 0 fully saturated rings. The van der Waals surface area contributed by atoms with Crippen molar-refractivity contribution in [1.29, 1.82) is 0 Å². The number of nitrogens with zero attached hydrogens (tertiary/aromatic N) is 4. The molecule has 2 aromatic heterocycles. The van der Waals surface area contributed by atoms with Crippen LogP contribution in [0, 0.1) is 0 Å². The van der Waals surface area contributed by atoms with E-state index in [4.69, 9.17) is 0 Å². The Hall–Kier alpha value is -1.76. The van der Waals surface area contributed by atoms with Gasteiger partial charge >= 0.3 is 17.1 Å². The quantitative estimate of drug-likeness (QED) is 0.116. The minimum Gasteiger partial charge on any atom is -0.261 e. The van der Waals surface area contributed by atoms with E-state index >= 15 is 0 Å². The summed E-state index contributed by atoms with van der Waals surface area (Å²) in [4.78, 5) is 18.1. The molecule has 0 spiro atoms. The zero-order chi connectivity index (χ0) is 26.2. The van der Waals surface area contributed by atoms with Crippen molar-refractivity contribution in [1.82, 2.24) is 19.9 Å². The molecule has 0 radical (unpaired) electrons. The van der Waals surface area contributed by atoms with Crippen molar-refractivity contribution in [3.8, 4) is 0 Å². The molecule has 0 aliphatic rings. The maximum absolute atomic E-state index is 4.69. The molecule has 0 N–H and O–H groups in total. The Morgan fingerprint density at radius 1 is 0.811 bits per heavy atom. The van der Waals surface area contributed by atoms with Gasteiger partial charge in [0.1, 0.15) is 0 Å². The molecule has 2 heterocycles. The molecule has 4 nitrogen and oxygen atoms in total. The Morgan fingerprint density at radius 2 is 1.32 bits per heavy atom. The smallest absolute Gasteiger partial charge is 0.261 e. The third kappa shape index (κ3) is 7.42. The first kappa shape index (κ1) is 31.5. The number of rotatable bonds is 9. The molecular formula is C30H40FeN4P2. The van der Waals surface area contributed by atoms with E-state index in [9.17, 15) is 0 Å². The summed E-state index contributed by atoms with van der Waals surface area (Å²) in [6.07, 6.45) is 14.0. The predicted molar refractivity (Wildman–Crippen MR) is 157 cm³/mol. The van der Waals surface area contributed by atoms with Crippen molar-refractivity contribution in [2.75, 3.05) is 0 Å². The maximum Gasteiger partial charge on any atom is 2.00 e. The van der Waals surface area contributed by atoms with Crippen molar-refractivity contribution in [3.63, 3.8) is 0 Å². The van der Waals surface area contributed by atoms with Gasteiger partial charge in [-0.1, -0.05) is 47.7 Å². The zero-order valence-electron chi connectivity index (χ0n) is 22.9. The van der Waals surface area contributed by atoms with Crippen LogP contribution in [0.15, 0.2) is 85.7 Å². The normalized spacial score (nSPS) is 12.0. The Labute approximate surface area is 237 Å². The van der Waals surface area contributed by atoms with Crippen LogP contribution in [-0.4, -0.2) is 30.2 Å². The van der Waals surface area contributed by atoms with Gasteiger partial charge in [-0.05, 0) is 23.2 Å². The molecule has 1 unspecified atom stereocenters. The van der Waals surface area contributed by atoms with Gasteiger partial charge < -0.3 is 0 Å². The second kappa shape index (κ2) is 13.9. The largest absolute Gasteiger partial charge is 2.00 e. The second-order valence-electron chi connectivity index (χ2n) is 10.3. The molecule has 0 bridgehead atoms. The molecule has 37 heavy (non-hydrogen) atoms. The summed E-state index contributed by atoms with van der Waals surface area (Å²) in [6.45, 7) is 14.4. The van der Waals surface area contributed by atoms with Gasteiger partial charge in [0, 0.05) is 37.2 Å². The fourth-order valence-electron chi connectivity index (χ4n) is 4.51. The van der Waals surface area contributed by atoms with Crippen LogP contribution in [0.25, 0.3) is 0 Å². The van der Waals surface area contributed by atoms with E-state index in [-0.39, 0.29) is 25.0 Å². The van der Waals surface area contributed by atoms with Crippen LogP contribution in [-0.2, 0) is 28.4 Å². The van der Waals surface area contributed by atoms with E-state index in [2.05, 4.69) is 88.9 Å². The van der Waals surface area contributed by atoms with Crippen molar-refractivity contribution < 1.29 is 17.1 Å². The summed E-state index contributed by atoms with van der Waals surface area (Å²) in [7, 11) is 2.75. The average Bonchev–Trinajstić information content (AvgIpc) is 3.63. The summed E-state index contributed by atoms with van der Waals surface area (Å²) in [5.41, 5.74) is 4.33. The van der Waals surface area contributed by atoms with E-state index in [1.54, 1.807) is 24.8 Å². The third-order valence-corrected chi connectivity index (χ3v) is 12.5. The summed E-state index contributed by atoms with van der Waals surface area (Å²) < 4.78 is 0. The Kier molecular flexibility index (Phi) is 11.8. The first-order chi connectivity index (χ1) is 17.2. The standard InChI is InChI=1S/C25H35N4P2.C5H5.Fe/c1-7-23(3,4)31(24(5,6)8-2)18-19-10-9-11-20(19)25(30,21-16-26-12-14-28-21)22-17-27-13-15-29-22;1-2-4-5-3-1;/h9-17H,7-8,18,30H2,1-6H3;1-5H;/q2*-1;+2. The van der Waals surface area contributed by atoms with E-state index < -0.39 is 5.16 Å². The Balaban J connectivity index is 0.000000716. The number of aromatic nitrogens is 4. The van der Waals surface area contributed by atoms with Gasteiger partial charge in [-0.2, -0.15) is 35.9 Å². The van der Waals surface area contributed by atoms with Gasteiger partial charge in [0.15, 0.2) is 0 Å². The number of hydrogen-bond donors (Lipinski definition) is 0. The second-order valence-corrected chi connectivity index (χ2v) is 14.8. The molecule has 0 amide bonds. The monoisotopic (exact) mass is 574 g/mol.